The van der Waals surface area contributed by atoms with Crippen molar-refractivity contribution in [1.82, 2.24) is 4.90 Å². The minimum absolute atomic E-state index is 0.235. The SMILES string of the molecule is COc1ccc(OCC(=O)N(C)C(Cc2ccccc2)C(=O)O)cc1. The number of methoxy groups -OCH3 is 1. The van der Waals surface area contributed by atoms with Crippen LogP contribution >= 0.6 is 0 Å². The molecule has 0 radical (unpaired) electrons. The molecule has 1 atom stereocenters. The standard InChI is InChI=1S/C19H21NO5/c1-20(17(19(22)23)12-14-6-4-3-5-7-14)18(21)13-25-16-10-8-15(24-2)9-11-16/h3-11,17H,12-13H2,1-2H3,(H,22,23). The zero-order valence-corrected chi connectivity index (χ0v) is 14.2. The van der Waals surface area contributed by atoms with E-state index in [1.807, 2.05) is 30.3 Å². The lowest BCUT2D eigenvalue weighted by Gasteiger charge is -2.25. The van der Waals surface area contributed by atoms with E-state index < -0.39 is 17.9 Å². The molecule has 6 heteroatoms. The minimum Gasteiger partial charge on any atom is -0.497 e. The van der Waals surface area contributed by atoms with Crippen molar-refractivity contribution in [3.63, 3.8) is 0 Å². The second-order valence-electron chi connectivity index (χ2n) is 5.51. The molecule has 0 aromatic heterocycles. The molecular formula is C19H21NO5. The lowest BCUT2D eigenvalue weighted by atomic mass is 10.1. The third-order valence-electron chi connectivity index (χ3n) is 3.84. The Balaban J connectivity index is 1.96. The number of hydrogen-bond acceptors (Lipinski definition) is 4. The Bertz CT molecular complexity index is 700. The highest BCUT2D eigenvalue weighted by Crippen LogP contribution is 2.17. The number of benzene rings is 2. The van der Waals surface area contributed by atoms with Gasteiger partial charge in [0.1, 0.15) is 17.5 Å². The van der Waals surface area contributed by atoms with E-state index in [4.69, 9.17) is 9.47 Å². The molecule has 2 aromatic carbocycles. The second-order valence-corrected chi connectivity index (χ2v) is 5.51. The fourth-order valence-corrected chi connectivity index (χ4v) is 2.32. The van der Waals surface area contributed by atoms with Crippen LogP contribution in [-0.2, 0) is 16.0 Å². The van der Waals surface area contributed by atoms with Crippen molar-refractivity contribution in [2.45, 2.75) is 12.5 Å². The summed E-state index contributed by atoms with van der Waals surface area (Å²) in [5.74, 6) is -0.259. The minimum atomic E-state index is -1.05. The number of carbonyl (C=O) groups is 2. The van der Waals surface area contributed by atoms with Gasteiger partial charge >= 0.3 is 5.97 Å². The van der Waals surface area contributed by atoms with Gasteiger partial charge in [0.05, 0.1) is 7.11 Å². The Morgan fingerprint density at radius 1 is 1.04 bits per heavy atom. The molecule has 0 saturated heterocycles. The van der Waals surface area contributed by atoms with Gasteiger partial charge in [-0.25, -0.2) is 4.79 Å². The van der Waals surface area contributed by atoms with Crippen LogP contribution < -0.4 is 9.47 Å². The van der Waals surface area contributed by atoms with Gasteiger partial charge in [0.2, 0.25) is 0 Å². The monoisotopic (exact) mass is 343 g/mol. The molecular weight excluding hydrogens is 322 g/mol. The smallest absolute Gasteiger partial charge is 0.326 e. The number of carboxylic acids is 1. The molecule has 0 aliphatic carbocycles. The predicted molar refractivity (Wildman–Crippen MR) is 92.8 cm³/mol. The molecule has 0 aliphatic rings. The molecule has 0 aliphatic heterocycles. The van der Waals surface area contributed by atoms with E-state index in [1.165, 1.54) is 11.9 Å². The lowest BCUT2D eigenvalue weighted by Crippen LogP contribution is -2.45. The normalized spacial score (nSPS) is 11.4. The molecule has 132 valence electrons. The average Bonchev–Trinajstić information content (AvgIpc) is 2.64. The molecule has 6 nitrogen and oxygen atoms in total. The number of carboxylic acid groups (broad SMARTS) is 1. The van der Waals surface area contributed by atoms with Crippen molar-refractivity contribution in [2.24, 2.45) is 0 Å². The first-order valence-electron chi connectivity index (χ1n) is 7.80. The molecule has 0 bridgehead atoms. The zero-order chi connectivity index (χ0) is 18.2. The fourth-order valence-electron chi connectivity index (χ4n) is 2.32. The third kappa shape index (κ3) is 5.24. The van der Waals surface area contributed by atoms with Gasteiger partial charge in [0, 0.05) is 13.5 Å². The van der Waals surface area contributed by atoms with Crippen molar-refractivity contribution >= 4 is 11.9 Å². The van der Waals surface area contributed by atoms with Crippen molar-refractivity contribution in [1.29, 1.82) is 0 Å². The fraction of sp³-hybridized carbons (Fsp3) is 0.263. The third-order valence-corrected chi connectivity index (χ3v) is 3.84. The first kappa shape index (κ1) is 18.3. The van der Waals surface area contributed by atoms with E-state index in [1.54, 1.807) is 31.4 Å². The highest BCUT2D eigenvalue weighted by atomic mass is 16.5. The molecule has 25 heavy (non-hydrogen) atoms. The van der Waals surface area contributed by atoms with Crippen molar-refractivity contribution in [2.75, 3.05) is 20.8 Å². The van der Waals surface area contributed by atoms with Gasteiger partial charge in [-0.3, -0.25) is 4.79 Å². The van der Waals surface area contributed by atoms with E-state index >= 15 is 0 Å². The molecule has 2 aromatic rings. The molecule has 0 heterocycles. The summed E-state index contributed by atoms with van der Waals surface area (Å²) in [6, 6.07) is 15.1. The van der Waals surface area contributed by atoms with Gasteiger partial charge < -0.3 is 19.5 Å². The molecule has 1 unspecified atom stereocenters. The first-order valence-corrected chi connectivity index (χ1v) is 7.80. The van der Waals surface area contributed by atoms with Crippen LogP contribution in [0.4, 0.5) is 0 Å². The Morgan fingerprint density at radius 3 is 2.20 bits per heavy atom. The summed E-state index contributed by atoms with van der Waals surface area (Å²) in [4.78, 5) is 25.0. The number of carbonyl (C=O) groups excluding carboxylic acids is 1. The van der Waals surface area contributed by atoms with E-state index in [0.29, 0.717) is 11.5 Å². The summed E-state index contributed by atoms with van der Waals surface area (Å²) in [6.07, 6.45) is 0.237. The van der Waals surface area contributed by atoms with E-state index in [2.05, 4.69) is 0 Å². The highest BCUT2D eigenvalue weighted by Gasteiger charge is 2.27. The van der Waals surface area contributed by atoms with Crippen molar-refractivity contribution in [3.8, 4) is 11.5 Å². The van der Waals surface area contributed by atoms with Gasteiger partial charge in [-0.1, -0.05) is 30.3 Å². The van der Waals surface area contributed by atoms with Gasteiger partial charge in [-0.15, -0.1) is 0 Å². The Hall–Kier alpha value is -3.02. The number of aliphatic carboxylic acids is 1. The quantitative estimate of drug-likeness (QED) is 0.795. The number of nitrogens with zero attached hydrogens (tertiary/aromatic N) is 1. The largest absolute Gasteiger partial charge is 0.497 e. The maximum atomic E-state index is 12.3. The van der Waals surface area contributed by atoms with Crippen LogP contribution in [0.3, 0.4) is 0 Å². The molecule has 0 spiro atoms. The van der Waals surface area contributed by atoms with E-state index in [0.717, 1.165) is 5.56 Å². The van der Waals surface area contributed by atoms with Crippen LogP contribution in [-0.4, -0.2) is 48.7 Å². The van der Waals surface area contributed by atoms with E-state index in [-0.39, 0.29) is 13.0 Å². The average molecular weight is 343 g/mol. The summed E-state index contributed by atoms with van der Waals surface area (Å²) >= 11 is 0. The van der Waals surface area contributed by atoms with Gasteiger partial charge in [-0.2, -0.15) is 0 Å². The topological polar surface area (TPSA) is 76.1 Å². The second kappa shape index (κ2) is 8.73. The summed E-state index contributed by atoms with van der Waals surface area (Å²) in [7, 11) is 3.04. The van der Waals surface area contributed by atoms with Gasteiger partial charge in [-0.05, 0) is 29.8 Å². The maximum Gasteiger partial charge on any atom is 0.326 e. The number of likely N-dealkylation sites (N-methyl/N-ethyl adjacent to an activating group) is 1. The zero-order valence-electron chi connectivity index (χ0n) is 14.2. The summed E-state index contributed by atoms with van der Waals surface area (Å²) in [5.41, 5.74) is 0.852. The van der Waals surface area contributed by atoms with Crippen LogP contribution in [0.25, 0.3) is 0 Å². The molecule has 1 N–H and O–H groups in total. The highest BCUT2D eigenvalue weighted by molar-refractivity contribution is 5.84. The molecule has 0 fully saturated rings. The molecule has 2 rings (SSSR count). The van der Waals surface area contributed by atoms with Crippen molar-refractivity contribution < 1.29 is 24.2 Å². The summed E-state index contributed by atoms with van der Waals surface area (Å²) in [6.45, 7) is -0.235. The predicted octanol–water partition coefficient (Wildman–Crippen LogP) is 2.23. The molecule has 1 amide bonds. The van der Waals surface area contributed by atoms with Crippen LogP contribution in [0.1, 0.15) is 5.56 Å². The van der Waals surface area contributed by atoms with Crippen LogP contribution in [0, 0.1) is 0 Å². The number of hydrogen-bond donors (Lipinski definition) is 1. The van der Waals surface area contributed by atoms with Crippen LogP contribution in [0.5, 0.6) is 11.5 Å². The maximum absolute atomic E-state index is 12.3. The Labute approximate surface area is 146 Å². The van der Waals surface area contributed by atoms with E-state index in [9.17, 15) is 14.7 Å². The Kier molecular flexibility index (Phi) is 6.39. The molecule has 0 saturated carbocycles. The van der Waals surface area contributed by atoms with Gasteiger partial charge in [0.25, 0.3) is 5.91 Å². The number of amides is 1. The van der Waals surface area contributed by atoms with Gasteiger partial charge in [0.15, 0.2) is 6.61 Å². The summed E-state index contributed by atoms with van der Waals surface area (Å²) < 4.78 is 10.5. The van der Waals surface area contributed by atoms with Crippen LogP contribution in [0.15, 0.2) is 54.6 Å². The lowest BCUT2D eigenvalue weighted by molar-refractivity contribution is -0.149. The van der Waals surface area contributed by atoms with Crippen molar-refractivity contribution in [3.05, 3.63) is 60.2 Å². The Morgan fingerprint density at radius 2 is 1.64 bits per heavy atom. The van der Waals surface area contributed by atoms with Crippen LogP contribution in [0.2, 0.25) is 0 Å². The summed E-state index contributed by atoms with van der Waals surface area (Å²) in [5, 5.41) is 9.45. The number of rotatable bonds is 8. The number of ether oxygens (including phenoxy) is 2. The first-order chi connectivity index (χ1) is 12.0.